The zero-order chi connectivity index (χ0) is 43.9. The maximum absolute atomic E-state index is 13.3. The first kappa shape index (κ1) is 42.9. The molecule has 0 aliphatic heterocycles. The van der Waals surface area contributed by atoms with Crippen LogP contribution in [0.3, 0.4) is 0 Å². The molecular weight excluding hydrogens is 819 g/mol. The average Bonchev–Trinajstić information content (AvgIpc) is 3.24. The summed E-state index contributed by atoms with van der Waals surface area (Å²) in [6.07, 6.45) is 4.25. The summed E-state index contributed by atoms with van der Waals surface area (Å²) in [5.41, 5.74) is -1.19. The van der Waals surface area contributed by atoms with Crippen LogP contribution in [0, 0.1) is 11.6 Å². The number of carbonyl (C=O) groups is 4. The average molecular weight is 853 g/mol. The normalized spacial score (nSPS) is 13.1. The topological polar surface area (TPSA) is 182 Å². The molecular formula is C42H34F2N6O8S2. The van der Waals surface area contributed by atoms with Gasteiger partial charge in [-0.1, -0.05) is 25.6 Å². The standard InChI is InChI=1S/C21H16FN3O4S.C15H13N3O4.C6H5FS/c1-4-12-15-16(17-19(23-12)24(2)21(29)25(3)20(17)28)13(26)9-14(18(15)27)30-11-7-5-10(22)6-8-11;1-4-7-10-8(19)5-6-9(20)11(10)12-13(16-7)17(2)15(22)18(3)14(12)21;7-5-1-3-6(8)4-2-5/h5-9H,4H2,1-3H3;5-6H,4H2,1-3H3;1-4,8H. The fourth-order valence-electron chi connectivity index (χ4n) is 6.63. The highest BCUT2D eigenvalue weighted by atomic mass is 32.2. The van der Waals surface area contributed by atoms with Crippen LogP contribution in [0.4, 0.5) is 8.78 Å². The van der Waals surface area contributed by atoms with Gasteiger partial charge in [-0.05, 0) is 73.5 Å². The quantitative estimate of drug-likeness (QED) is 0.244. The molecule has 2 aromatic carbocycles. The Labute approximate surface area is 347 Å². The Kier molecular flexibility index (Phi) is 12.1. The molecule has 60 heavy (non-hydrogen) atoms. The summed E-state index contributed by atoms with van der Waals surface area (Å²) in [6, 6.07) is 11.5. The van der Waals surface area contributed by atoms with E-state index in [-0.39, 0.29) is 60.8 Å². The van der Waals surface area contributed by atoms with Crippen molar-refractivity contribution in [3.63, 3.8) is 0 Å². The van der Waals surface area contributed by atoms with Gasteiger partial charge < -0.3 is 0 Å². The summed E-state index contributed by atoms with van der Waals surface area (Å²) in [5, 5.41) is -0.0354. The summed E-state index contributed by atoms with van der Waals surface area (Å²) >= 11 is 5.01. The molecule has 4 heterocycles. The molecule has 0 N–H and O–H groups in total. The number of rotatable bonds is 4. The molecule has 0 amide bonds. The highest BCUT2D eigenvalue weighted by Crippen LogP contribution is 2.36. The number of pyridine rings is 2. The van der Waals surface area contributed by atoms with Crippen molar-refractivity contribution in [3.05, 3.63) is 159 Å². The number of hydrogen-bond acceptors (Lipinski definition) is 12. The van der Waals surface area contributed by atoms with Gasteiger partial charge in [0, 0.05) is 44.1 Å². The second-order valence-corrected chi connectivity index (χ2v) is 15.1. The SMILES string of the molecule is CCc1nc2c(c3c1C(=O)C(Sc1ccc(F)cc1)=CC3=O)c(=O)n(C)c(=O)n2C.CCc1nc2c(c3c1C(=O)C=CC3=O)c(=O)n(C)c(=O)n2C.Fc1ccc(S)cc1. The molecule has 0 saturated heterocycles. The van der Waals surface area contributed by atoms with Crippen molar-refractivity contribution in [2.45, 2.75) is 36.5 Å². The summed E-state index contributed by atoms with van der Waals surface area (Å²) < 4.78 is 29.4. The van der Waals surface area contributed by atoms with Crippen molar-refractivity contribution in [2.75, 3.05) is 0 Å². The molecule has 2 aliphatic carbocycles. The minimum absolute atomic E-state index is 0.0134. The van der Waals surface area contributed by atoms with Gasteiger partial charge in [-0.25, -0.2) is 28.3 Å². The summed E-state index contributed by atoms with van der Waals surface area (Å²) in [7, 11) is 5.58. The van der Waals surface area contributed by atoms with Gasteiger partial charge in [0.25, 0.3) is 11.1 Å². The third kappa shape index (κ3) is 7.66. The lowest BCUT2D eigenvalue weighted by molar-refractivity contribution is 0.0991. The molecule has 14 nitrogen and oxygen atoms in total. The van der Waals surface area contributed by atoms with E-state index in [1.54, 1.807) is 26.0 Å². The van der Waals surface area contributed by atoms with Gasteiger partial charge in [-0.2, -0.15) is 0 Å². The van der Waals surface area contributed by atoms with E-state index >= 15 is 0 Å². The Balaban J connectivity index is 0.000000175. The van der Waals surface area contributed by atoms with Crippen LogP contribution < -0.4 is 22.5 Å². The van der Waals surface area contributed by atoms with Gasteiger partial charge in [0.1, 0.15) is 22.9 Å². The van der Waals surface area contributed by atoms with E-state index in [9.17, 15) is 47.1 Å². The molecule has 0 spiro atoms. The van der Waals surface area contributed by atoms with Crippen molar-refractivity contribution in [3.8, 4) is 0 Å². The van der Waals surface area contributed by atoms with Gasteiger partial charge in [0.15, 0.2) is 17.3 Å². The molecule has 4 aromatic heterocycles. The molecule has 0 bridgehead atoms. The molecule has 6 aromatic rings. The zero-order valence-corrected chi connectivity index (χ0v) is 34.5. The first-order valence-corrected chi connectivity index (χ1v) is 19.4. The Morgan fingerprint density at radius 3 is 1.43 bits per heavy atom. The lowest BCUT2D eigenvalue weighted by atomic mass is 9.90. The molecule has 306 valence electrons. The van der Waals surface area contributed by atoms with Crippen LogP contribution in [0.2, 0.25) is 0 Å². The number of nitrogens with zero attached hydrogens (tertiary/aromatic N) is 6. The fourth-order valence-corrected chi connectivity index (χ4v) is 7.67. The van der Waals surface area contributed by atoms with Gasteiger partial charge in [-0.3, -0.25) is 47.0 Å². The lowest BCUT2D eigenvalue weighted by Gasteiger charge is -2.20. The van der Waals surface area contributed by atoms with Crippen molar-refractivity contribution in [1.29, 1.82) is 0 Å². The number of carbonyl (C=O) groups excluding carboxylic acids is 4. The Morgan fingerprint density at radius 2 is 0.983 bits per heavy atom. The van der Waals surface area contributed by atoms with E-state index in [4.69, 9.17) is 0 Å². The van der Waals surface area contributed by atoms with Gasteiger partial charge in [0.2, 0.25) is 5.78 Å². The largest absolute Gasteiger partial charge is 0.332 e. The molecule has 0 fully saturated rings. The third-order valence-corrected chi connectivity index (χ3v) is 11.0. The van der Waals surface area contributed by atoms with E-state index in [2.05, 4.69) is 22.6 Å². The minimum atomic E-state index is -0.677. The second kappa shape index (κ2) is 16.9. The summed E-state index contributed by atoms with van der Waals surface area (Å²) in [5.74, 6) is -2.34. The van der Waals surface area contributed by atoms with Crippen LogP contribution in [0.5, 0.6) is 0 Å². The summed E-state index contributed by atoms with van der Waals surface area (Å²) in [6.45, 7) is 3.57. The van der Waals surface area contributed by atoms with E-state index < -0.39 is 45.7 Å². The number of thiol groups is 1. The van der Waals surface area contributed by atoms with E-state index in [1.165, 1.54) is 85.9 Å². The van der Waals surface area contributed by atoms with E-state index in [0.29, 0.717) is 29.1 Å². The smallest absolute Gasteiger partial charge is 0.289 e. The number of benzene rings is 2. The third-order valence-electron chi connectivity index (χ3n) is 9.70. The molecule has 0 atom stereocenters. The second-order valence-electron chi connectivity index (χ2n) is 13.4. The van der Waals surface area contributed by atoms with Gasteiger partial charge in [-0.15, -0.1) is 12.6 Å². The fraction of sp³-hybridized carbons (Fsp3) is 0.190. The number of aromatic nitrogens is 6. The van der Waals surface area contributed by atoms with Crippen LogP contribution in [-0.4, -0.2) is 51.4 Å². The van der Waals surface area contributed by atoms with Gasteiger partial charge >= 0.3 is 11.4 Å². The number of hydrogen-bond donors (Lipinski definition) is 1. The van der Waals surface area contributed by atoms with Crippen LogP contribution in [0.15, 0.2) is 101 Å². The Morgan fingerprint density at radius 1 is 0.567 bits per heavy atom. The monoisotopic (exact) mass is 852 g/mol. The number of aryl methyl sites for hydroxylation is 4. The maximum atomic E-state index is 13.3. The lowest BCUT2D eigenvalue weighted by Crippen LogP contribution is -2.39. The van der Waals surface area contributed by atoms with Crippen LogP contribution in [0.1, 0.15) is 66.7 Å². The number of thioether (sulfide) groups is 1. The molecule has 18 heteroatoms. The van der Waals surface area contributed by atoms with Crippen LogP contribution >= 0.6 is 24.4 Å². The Bertz CT molecular complexity index is 3140. The molecule has 8 rings (SSSR count). The number of halogens is 2. The predicted molar refractivity (Wildman–Crippen MR) is 224 cm³/mol. The Hall–Kier alpha value is -6.66. The number of Topliss-reactive ketones (excluding diaryl/α,β-unsaturated/α-hetero) is 1. The van der Waals surface area contributed by atoms with Crippen molar-refractivity contribution >= 4 is 69.6 Å². The highest BCUT2D eigenvalue weighted by Gasteiger charge is 2.34. The van der Waals surface area contributed by atoms with E-state index in [0.717, 1.165) is 31.9 Å². The molecule has 0 unspecified atom stereocenters. The molecule has 0 radical (unpaired) electrons. The molecule has 0 saturated carbocycles. The summed E-state index contributed by atoms with van der Waals surface area (Å²) in [4.78, 5) is 111. The van der Waals surface area contributed by atoms with E-state index in [1.807, 2.05) is 0 Å². The van der Waals surface area contributed by atoms with Gasteiger partial charge in [0.05, 0.1) is 49.3 Å². The van der Waals surface area contributed by atoms with Crippen LogP contribution in [-0.2, 0) is 41.0 Å². The maximum Gasteiger partial charge on any atom is 0.332 e. The highest BCUT2D eigenvalue weighted by molar-refractivity contribution is 8.04. The number of ketones is 4. The predicted octanol–water partition coefficient (Wildman–Crippen LogP) is 4.63. The minimum Gasteiger partial charge on any atom is -0.289 e. The number of fused-ring (bicyclic) bond motifs is 6. The molecule has 2 aliphatic rings. The number of allylic oxidation sites excluding steroid dienone is 4. The first-order valence-electron chi connectivity index (χ1n) is 18.1. The van der Waals surface area contributed by atoms with Crippen molar-refractivity contribution in [2.24, 2.45) is 28.2 Å². The zero-order valence-electron chi connectivity index (χ0n) is 32.8. The van der Waals surface area contributed by atoms with Crippen LogP contribution in [0.25, 0.3) is 22.1 Å². The first-order chi connectivity index (χ1) is 28.4. The van der Waals surface area contributed by atoms with Crippen molar-refractivity contribution in [1.82, 2.24) is 28.2 Å². The van der Waals surface area contributed by atoms with Crippen molar-refractivity contribution < 1.29 is 28.0 Å².